The molecule has 0 fully saturated rings. The molecule has 18 heavy (non-hydrogen) atoms. The second kappa shape index (κ2) is 9.68. The highest BCUT2D eigenvalue weighted by Gasteiger charge is 2.15. The third-order valence-electron chi connectivity index (χ3n) is 2.75. The predicted molar refractivity (Wildman–Crippen MR) is 72.1 cm³/mol. The van der Waals surface area contributed by atoms with Crippen molar-refractivity contribution in [1.29, 1.82) is 0 Å². The minimum absolute atomic E-state index is 0.0248. The van der Waals surface area contributed by atoms with E-state index in [9.17, 15) is 9.59 Å². The first-order chi connectivity index (χ1) is 8.51. The largest absolute Gasteiger partial charge is 0.461 e. The minimum atomic E-state index is -0.329. The van der Waals surface area contributed by atoms with Crippen molar-refractivity contribution < 1.29 is 14.3 Å². The van der Waals surface area contributed by atoms with Gasteiger partial charge in [0.15, 0.2) is 0 Å². The van der Waals surface area contributed by atoms with Crippen molar-refractivity contribution in [3.8, 4) is 0 Å². The van der Waals surface area contributed by atoms with E-state index in [0.717, 1.165) is 32.1 Å². The lowest BCUT2D eigenvalue weighted by molar-refractivity contribution is -0.153. The number of carbonyl (C=O) groups excluding carboxylic acids is 2. The molecule has 0 aromatic heterocycles. The molecule has 104 valence electrons. The Hall–Kier alpha value is -1.32. The van der Waals surface area contributed by atoms with Crippen LogP contribution in [0.25, 0.3) is 0 Å². The van der Waals surface area contributed by atoms with Crippen molar-refractivity contribution in [2.45, 2.75) is 52.1 Å². The lowest BCUT2D eigenvalue weighted by atomic mass is 10.1. The highest BCUT2D eigenvalue weighted by molar-refractivity contribution is 5.80. The molecule has 0 bridgehead atoms. The second-order valence-corrected chi connectivity index (χ2v) is 4.50. The van der Waals surface area contributed by atoms with E-state index in [1.165, 1.54) is 11.8 Å². The molecule has 0 radical (unpaired) electrons. The first-order valence-corrected chi connectivity index (χ1v) is 6.53. The Morgan fingerprint density at radius 2 is 2.06 bits per heavy atom. The molecule has 0 aliphatic carbocycles. The van der Waals surface area contributed by atoms with Crippen molar-refractivity contribution in [2.24, 2.45) is 0 Å². The molecule has 1 amide bonds. The van der Waals surface area contributed by atoms with Crippen LogP contribution >= 0.6 is 0 Å². The van der Waals surface area contributed by atoms with E-state index in [1.807, 2.05) is 6.08 Å². The number of amides is 1. The van der Waals surface area contributed by atoms with E-state index in [1.54, 1.807) is 7.05 Å². The second-order valence-electron chi connectivity index (χ2n) is 4.50. The van der Waals surface area contributed by atoms with Crippen LogP contribution in [0.15, 0.2) is 12.7 Å². The quantitative estimate of drug-likeness (QED) is 0.361. The third kappa shape index (κ3) is 7.87. The van der Waals surface area contributed by atoms with Crippen LogP contribution < -0.4 is 0 Å². The normalized spacial score (nSPS) is 11.7. The number of allylic oxidation sites excluding steroid dienone is 1. The van der Waals surface area contributed by atoms with Gasteiger partial charge in [-0.2, -0.15) is 0 Å². The standard InChI is InChI=1S/C14H25NO3/c1-5-7-8-10-13(9-6-2)18-14(17)11-15(4)12(3)16/h5,13H,1,6-11H2,2-4H3. The van der Waals surface area contributed by atoms with Crippen molar-refractivity contribution in [2.75, 3.05) is 13.6 Å². The first-order valence-electron chi connectivity index (χ1n) is 6.53. The van der Waals surface area contributed by atoms with Crippen LogP contribution in [0.3, 0.4) is 0 Å². The zero-order valence-corrected chi connectivity index (χ0v) is 11.8. The molecule has 0 aliphatic heterocycles. The van der Waals surface area contributed by atoms with Gasteiger partial charge in [-0.05, 0) is 25.7 Å². The molecule has 4 nitrogen and oxygen atoms in total. The molecule has 0 spiro atoms. The van der Waals surface area contributed by atoms with Gasteiger partial charge in [-0.25, -0.2) is 0 Å². The molecule has 1 atom stereocenters. The molecule has 0 N–H and O–H groups in total. The molecule has 0 aromatic rings. The van der Waals surface area contributed by atoms with Crippen LogP contribution in [0.2, 0.25) is 0 Å². The average Bonchev–Trinajstić information content (AvgIpc) is 2.29. The van der Waals surface area contributed by atoms with Gasteiger partial charge in [-0.1, -0.05) is 19.4 Å². The number of ether oxygens (including phenoxy) is 1. The van der Waals surface area contributed by atoms with Gasteiger partial charge in [0.1, 0.15) is 12.6 Å². The van der Waals surface area contributed by atoms with Crippen LogP contribution in [0, 0.1) is 0 Å². The Labute approximate surface area is 110 Å². The molecular weight excluding hydrogens is 230 g/mol. The van der Waals surface area contributed by atoms with E-state index in [2.05, 4.69) is 13.5 Å². The number of carbonyl (C=O) groups is 2. The molecule has 0 heterocycles. The minimum Gasteiger partial charge on any atom is -0.461 e. The number of unbranched alkanes of at least 4 members (excludes halogenated alkanes) is 1. The van der Waals surface area contributed by atoms with Crippen molar-refractivity contribution in [3.63, 3.8) is 0 Å². The number of hydrogen-bond donors (Lipinski definition) is 0. The van der Waals surface area contributed by atoms with Gasteiger partial charge >= 0.3 is 5.97 Å². The number of likely N-dealkylation sites (N-methyl/N-ethyl adjacent to an activating group) is 1. The van der Waals surface area contributed by atoms with Crippen LogP contribution in [0.5, 0.6) is 0 Å². The average molecular weight is 255 g/mol. The highest BCUT2D eigenvalue weighted by atomic mass is 16.5. The Kier molecular flexibility index (Phi) is 8.97. The summed E-state index contributed by atoms with van der Waals surface area (Å²) in [6, 6.07) is 0. The first kappa shape index (κ1) is 16.7. The lowest BCUT2D eigenvalue weighted by Gasteiger charge is -2.19. The molecule has 1 unspecified atom stereocenters. The zero-order chi connectivity index (χ0) is 14.0. The molecule has 0 rings (SSSR count). The van der Waals surface area contributed by atoms with Gasteiger partial charge in [-0.3, -0.25) is 9.59 Å². The van der Waals surface area contributed by atoms with E-state index in [0.29, 0.717) is 0 Å². The molecule has 0 saturated carbocycles. The van der Waals surface area contributed by atoms with Gasteiger partial charge in [0.2, 0.25) is 5.91 Å². The number of nitrogens with zero attached hydrogens (tertiary/aromatic N) is 1. The summed E-state index contributed by atoms with van der Waals surface area (Å²) in [7, 11) is 1.59. The summed E-state index contributed by atoms with van der Waals surface area (Å²) in [6.45, 7) is 7.19. The maximum atomic E-state index is 11.6. The Balaban J connectivity index is 4.09. The summed E-state index contributed by atoms with van der Waals surface area (Å²) >= 11 is 0. The van der Waals surface area contributed by atoms with Crippen LogP contribution in [0.4, 0.5) is 0 Å². The fourth-order valence-corrected chi connectivity index (χ4v) is 1.60. The molecular formula is C14H25NO3. The van der Waals surface area contributed by atoms with Crippen molar-refractivity contribution >= 4 is 11.9 Å². The molecule has 0 aliphatic rings. The molecule has 0 aromatic carbocycles. The topological polar surface area (TPSA) is 46.6 Å². The van der Waals surface area contributed by atoms with E-state index in [-0.39, 0.29) is 24.5 Å². The summed E-state index contributed by atoms with van der Waals surface area (Å²) in [4.78, 5) is 24.0. The lowest BCUT2D eigenvalue weighted by Crippen LogP contribution is -2.33. The number of esters is 1. The van der Waals surface area contributed by atoms with E-state index >= 15 is 0 Å². The fourth-order valence-electron chi connectivity index (χ4n) is 1.60. The van der Waals surface area contributed by atoms with Gasteiger partial charge in [-0.15, -0.1) is 6.58 Å². The maximum absolute atomic E-state index is 11.6. The third-order valence-corrected chi connectivity index (χ3v) is 2.75. The SMILES string of the molecule is C=CCCCC(CCC)OC(=O)CN(C)C(C)=O. The Morgan fingerprint density at radius 3 is 2.56 bits per heavy atom. The Bertz CT molecular complexity index is 276. The monoisotopic (exact) mass is 255 g/mol. The molecule has 0 saturated heterocycles. The van der Waals surface area contributed by atoms with E-state index in [4.69, 9.17) is 4.74 Å². The Morgan fingerprint density at radius 1 is 1.39 bits per heavy atom. The van der Waals surface area contributed by atoms with E-state index < -0.39 is 0 Å². The fraction of sp³-hybridized carbons (Fsp3) is 0.714. The van der Waals surface area contributed by atoms with Gasteiger partial charge < -0.3 is 9.64 Å². The zero-order valence-electron chi connectivity index (χ0n) is 11.8. The molecule has 4 heteroatoms. The summed E-state index contributed by atoms with van der Waals surface area (Å²) < 4.78 is 5.39. The van der Waals surface area contributed by atoms with Gasteiger partial charge in [0.05, 0.1) is 0 Å². The number of rotatable bonds is 9. The van der Waals surface area contributed by atoms with Gasteiger partial charge in [0.25, 0.3) is 0 Å². The summed E-state index contributed by atoms with van der Waals surface area (Å²) in [5.41, 5.74) is 0. The van der Waals surface area contributed by atoms with Crippen LogP contribution in [-0.2, 0) is 14.3 Å². The summed E-state index contributed by atoms with van der Waals surface area (Å²) in [5.74, 6) is -0.463. The summed E-state index contributed by atoms with van der Waals surface area (Å²) in [5, 5.41) is 0. The van der Waals surface area contributed by atoms with Crippen LogP contribution in [0.1, 0.15) is 46.0 Å². The number of hydrogen-bond acceptors (Lipinski definition) is 3. The van der Waals surface area contributed by atoms with Gasteiger partial charge in [0, 0.05) is 14.0 Å². The smallest absolute Gasteiger partial charge is 0.325 e. The summed E-state index contributed by atoms with van der Waals surface area (Å²) in [6.07, 6.45) is 6.45. The van der Waals surface area contributed by atoms with Crippen molar-refractivity contribution in [1.82, 2.24) is 4.90 Å². The van der Waals surface area contributed by atoms with Crippen molar-refractivity contribution in [3.05, 3.63) is 12.7 Å². The maximum Gasteiger partial charge on any atom is 0.325 e. The highest BCUT2D eigenvalue weighted by Crippen LogP contribution is 2.11. The van der Waals surface area contributed by atoms with Crippen LogP contribution in [-0.4, -0.2) is 36.5 Å². The predicted octanol–water partition coefficient (Wildman–Crippen LogP) is 2.53.